The minimum absolute atomic E-state index is 0.0183. The van der Waals surface area contributed by atoms with Crippen LogP contribution in [0.25, 0.3) is 0 Å². The Morgan fingerprint density at radius 1 is 1.03 bits per heavy atom. The summed E-state index contributed by atoms with van der Waals surface area (Å²) in [7, 11) is 1.56. The van der Waals surface area contributed by atoms with Gasteiger partial charge in [0.1, 0.15) is 23.9 Å². The third kappa shape index (κ3) is 7.89. The van der Waals surface area contributed by atoms with Gasteiger partial charge in [0.15, 0.2) is 5.78 Å². The molecule has 0 bridgehead atoms. The molecule has 39 heavy (non-hydrogen) atoms. The Hall–Kier alpha value is -3.73. The highest BCUT2D eigenvalue weighted by Crippen LogP contribution is 2.30. The number of rotatable bonds is 13. The molecule has 0 unspecified atom stereocenters. The topological polar surface area (TPSA) is 152 Å². The predicted molar refractivity (Wildman–Crippen MR) is 140 cm³/mol. The van der Waals surface area contributed by atoms with E-state index in [1.54, 1.807) is 26.2 Å². The third-order valence-corrected chi connectivity index (χ3v) is 7.18. The van der Waals surface area contributed by atoms with Gasteiger partial charge in [0.2, 0.25) is 17.6 Å². The van der Waals surface area contributed by atoms with E-state index in [1.165, 1.54) is 13.0 Å². The molecule has 210 valence electrons. The summed E-state index contributed by atoms with van der Waals surface area (Å²) < 4.78 is 15.4. The lowest BCUT2D eigenvalue weighted by molar-refractivity contribution is -0.132. The van der Waals surface area contributed by atoms with E-state index in [-0.39, 0.29) is 18.0 Å². The molecule has 1 aliphatic heterocycles. The number of methoxy groups -OCH3 is 1. The fourth-order valence-corrected chi connectivity index (χ4v) is 4.84. The number of carbonyl (C=O) groups excluding carboxylic acids is 4. The first-order valence-corrected chi connectivity index (χ1v) is 13.4. The number of nitrogens with zero attached hydrogens (tertiary/aromatic N) is 1. The molecule has 1 aromatic carbocycles. The molecule has 4 rings (SSSR count). The highest BCUT2D eigenvalue weighted by atomic mass is 16.6. The Morgan fingerprint density at radius 2 is 1.69 bits per heavy atom. The van der Waals surface area contributed by atoms with Gasteiger partial charge in [0, 0.05) is 12.5 Å². The van der Waals surface area contributed by atoms with Gasteiger partial charge in [-0.3, -0.25) is 19.2 Å². The second kappa shape index (κ2) is 12.9. The monoisotopic (exact) mass is 540 g/mol. The van der Waals surface area contributed by atoms with Crippen LogP contribution in [0.1, 0.15) is 60.8 Å². The second-order valence-electron chi connectivity index (χ2n) is 10.3. The molecule has 1 saturated carbocycles. The number of ether oxygens (including phenoxy) is 2. The van der Waals surface area contributed by atoms with Gasteiger partial charge >= 0.3 is 0 Å². The van der Waals surface area contributed by atoms with Crippen molar-refractivity contribution in [3.8, 4) is 5.75 Å². The summed E-state index contributed by atoms with van der Waals surface area (Å²) >= 11 is 0. The first-order valence-electron chi connectivity index (χ1n) is 13.4. The average molecular weight is 541 g/mol. The molecule has 1 saturated heterocycles. The van der Waals surface area contributed by atoms with Crippen molar-refractivity contribution in [2.45, 2.75) is 76.6 Å². The van der Waals surface area contributed by atoms with Crippen molar-refractivity contribution in [3.63, 3.8) is 0 Å². The Morgan fingerprint density at radius 3 is 2.28 bits per heavy atom. The SMILES string of the molecule is COc1ccc(C[C@H](NC(=O)[C@H](C)NC(=O)c2cc(C)no2)C(=O)N[C@@H](CC2CCCC2)C(=O)[C@H]2CO2)cc1. The van der Waals surface area contributed by atoms with Crippen molar-refractivity contribution >= 4 is 23.5 Å². The van der Waals surface area contributed by atoms with Crippen LogP contribution in [0.15, 0.2) is 34.9 Å². The highest BCUT2D eigenvalue weighted by Gasteiger charge is 2.39. The van der Waals surface area contributed by atoms with Crippen molar-refractivity contribution in [3.05, 3.63) is 47.3 Å². The number of nitrogens with one attached hydrogen (secondary N) is 3. The fourth-order valence-electron chi connectivity index (χ4n) is 4.84. The van der Waals surface area contributed by atoms with E-state index < -0.39 is 42.0 Å². The first kappa shape index (κ1) is 28.3. The molecule has 1 aliphatic carbocycles. The number of Topliss-reactive ketones (excluding diaryl/α,β-unsaturated/α-hetero) is 1. The first-order chi connectivity index (χ1) is 18.7. The van der Waals surface area contributed by atoms with Gasteiger partial charge in [-0.05, 0) is 43.9 Å². The summed E-state index contributed by atoms with van der Waals surface area (Å²) in [6.07, 6.45) is 4.53. The van der Waals surface area contributed by atoms with E-state index in [0.717, 1.165) is 31.2 Å². The van der Waals surface area contributed by atoms with Crippen LogP contribution in [0.2, 0.25) is 0 Å². The summed E-state index contributed by atoms with van der Waals surface area (Å²) in [6.45, 7) is 3.55. The van der Waals surface area contributed by atoms with Gasteiger partial charge in [-0.1, -0.05) is 43.0 Å². The molecule has 2 heterocycles. The maximum absolute atomic E-state index is 13.6. The Balaban J connectivity index is 1.46. The number of ketones is 1. The third-order valence-electron chi connectivity index (χ3n) is 7.18. The fraction of sp³-hybridized carbons (Fsp3) is 0.536. The van der Waals surface area contributed by atoms with Crippen LogP contribution in [-0.4, -0.2) is 66.6 Å². The van der Waals surface area contributed by atoms with Gasteiger partial charge in [-0.2, -0.15) is 0 Å². The largest absolute Gasteiger partial charge is 0.497 e. The Kier molecular flexibility index (Phi) is 9.34. The van der Waals surface area contributed by atoms with Crippen LogP contribution < -0.4 is 20.7 Å². The van der Waals surface area contributed by atoms with Gasteiger partial charge in [0.25, 0.3) is 5.91 Å². The van der Waals surface area contributed by atoms with E-state index in [4.69, 9.17) is 14.0 Å². The van der Waals surface area contributed by atoms with Crippen LogP contribution in [0, 0.1) is 12.8 Å². The number of hydrogen-bond donors (Lipinski definition) is 3. The zero-order valence-corrected chi connectivity index (χ0v) is 22.5. The zero-order valence-electron chi connectivity index (χ0n) is 22.5. The number of amides is 3. The molecule has 3 N–H and O–H groups in total. The van der Waals surface area contributed by atoms with Crippen LogP contribution in [0.5, 0.6) is 5.75 Å². The molecular weight excluding hydrogens is 504 g/mol. The molecule has 0 spiro atoms. The zero-order chi connectivity index (χ0) is 27.9. The molecule has 11 heteroatoms. The molecule has 2 aliphatic rings. The maximum atomic E-state index is 13.6. The summed E-state index contributed by atoms with van der Waals surface area (Å²) in [5, 5.41) is 11.9. The van der Waals surface area contributed by atoms with E-state index in [9.17, 15) is 19.2 Å². The molecule has 0 radical (unpaired) electrons. The number of benzene rings is 1. The van der Waals surface area contributed by atoms with Crippen LogP contribution in [0.4, 0.5) is 0 Å². The Bertz CT molecular complexity index is 1170. The second-order valence-corrected chi connectivity index (χ2v) is 10.3. The summed E-state index contributed by atoms with van der Waals surface area (Å²) in [4.78, 5) is 52.0. The maximum Gasteiger partial charge on any atom is 0.290 e. The lowest BCUT2D eigenvalue weighted by Crippen LogP contribution is -2.56. The van der Waals surface area contributed by atoms with E-state index in [1.807, 2.05) is 12.1 Å². The van der Waals surface area contributed by atoms with Crippen molar-refractivity contribution < 1.29 is 33.2 Å². The minimum atomic E-state index is -0.989. The van der Waals surface area contributed by atoms with Gasteiger partial charge in [-0.15, -0.1) is 0 Å². The molecule has 1 aromatic heterocycles. The van der Waals surface area contributed by atoms with E-state index >= 15 is 0 Å². The number of aryl methyl sites for hydroxylation is 1. The van der Waals surface area contributed by atoms with Gasteiger partial charge in [0.05, 0.1) is 25.5 Å². The smallest absolute Gasteiger partial charge is 0.290 e. The van der Waals surface area contributed by atoms with Gasteiger partial charge in [-0.25, -0.2) is 0 Å². The standard InChI is InChI=1S/C28H36N4O7/c1-16-12-23(39-32-16)28(36)29-17(2)26(34)31-22(14-19-8-10-20(37-3)11-9-19)27(35)30-21(25(33)24-15-38-24)13-18-6-4-5-7-18/h8-12,17-18,21-22,24H,4-7,13-15H2,1-3H3,(H,29,36)(H,30,35)(H,31,34)/t17-,21-,22-,24+/m0/s1. The molecule has 2 aromatic rings. The van der Waals surface area contributed by atoms with Crippen LogP contribution in [-0.2, 0) is 25.5 Å². The molecule has 2 fully saturated rings. The van der Waals surface area contributed by atoms with Crippen molar-refractivity contribution in [2.24, 2.45) is 5.92 Å². The number of epoxide rings is 1. The Labute approximate surface area is 227 Å². The molecule has 11 nitrogen and oxygen atoms in total. The van der Waals surface area contributed by atoms with Crippen molar-refractivity contribution in [1.29, 1.82) is 0 Å². The van der Waals surface area contributed by atoms with Crippen LogP contribution >= 0.6 is 0 Å². The number of aromatic nitrogens is 1. The molecular formula is C28H36N4O7. The minimum Gasteiger partial charge on any atom is -0.497 e. The van der Waals surface area contributed by atoms with Crippen LogP contribution in [0.3, 0.4) is 0 Å². The summed E-state index contributed by atoms with van der Waals surface area (Å²) in [5.41, 5.74) is 1.32. The molecule has 4 atom stereocenters. The summed E-state index contributed by atoms with van der Waals surface area (Å²) in [6, 6.07) is 5.97. The average Bonchev–Trinajstić information content (AvgIpc) is 3.47. The quantitative estimate of drug-likeness (QED) is 0.326. The molecule has 3 amide bonds. The lowest BCUT2D eigenvalue weighted by atomic mass is 9.94. The van der Waals surface area contributed by atoms with E-state index in [0.29, 0.717) is 30.4 Å². The lowest BCUT2D eigenvalue weighted by Gasteiger charge is -2.25. The highest BCUT2D eigenvalue weighted by molar-refractivity contribution is 5.98. The van der Waals surface area contributed by atoms with Gasteiger partial charge < -0.3 is 29.9 Å². The van der Waals surface area contributed by atoms with Crippen molar-refractivity contribution in [1.82, 2.24) is 21.1 Å². The number of hydrogen-bond acceptors (Lipinski definition) is 8. The van der Waals surface area contributed by atoms with E-state index in [2.05, 4.69) is 21.1 Å². The number of carbonyl (C=O) groups is 4. The predicted octanol–water partition coefficient (Wildman–Crippen LogP) is 1.87. The normalized spacial score (nSPS) is 19.0. The summed E-state index contributed by atoms with van der Waals surface area (Å²) in [5.74, 6) is -0.751. The van der Waals surface area contributed by atoms with Crippen molar-refractivity contribution in [2.75, 3.05) is 13.7 Å².